The number of rotatable bonds is 8. The summed E-state index contributed by atoms with van der Waals surface area (Å²) in [5.74, 6) is 0. The molecule has 0 amide bonds. The van der Waals surface area contributed by atoms with Crippen LogP contribution in [0, 0.1) is 0 Å². The molecule has 0 atom stereocenters. The predicted octanol–water partition coefficient (Wildman–Crippen LogP) is 5.42. The first-order valence-electron chi connectivity index (χ1n) is 6.68. The van der Waals surface area contributed by atoms with Gasteiger partial charge in [0.15, 0.2) is 0 Å². The van der Waals surface area contributed by atoms with E-state index in [1.165, 1.54) is 44.2 Å². The molecule has 96 valence electrons. The first kappa shape index (κ1) is 14.4. The molecule has 1 rings (SSSR count). The van der Waals surface area contributed by atoms with Crippen molar-refractivity contribution in [1.29, 1.82) is 0 Å². The molecule has 17 heavy (non-hydrogen) atoms. The van der Waals surface area contributed by atoms with Crippen LogP contribution in [0.5, 0.6) is 0 Å². The van der Waals surface area contributed by atoms with Crippen LogP contribution in [0.25, 0.3) is 6.08 Å². The molecule has 1 aromatic heterocycles. The number of hydrogen-bond acceptors (Lipinski definition) is 2. The second kappa shape index (κ2) is 6.95. The van der Waals surface area contributed by atoms with Crippen molar-refractivity contribution in [3.8, 4) is 0 Å². The molecule has 0 aromatic carbocycles. The Balaban J connectivity index is 2.41. The molecular weight excluding hydrogens is 226 g/mol. The summed E-state index contributed by atoms with van der Waals surface area (Å²) in [6.45, 7) is 10.6. The fraction of sp³-hybridized carbons (Fsp3) is 0.667. The third kappa shape index (κ3) is 4.63. The summed E-state index contributed by atoms with van der Waals surface area (Å²) < 4.78 is 0. The quantitative estimate of drug-likeness (QED) is 0.562. The van der Waals surface area contributed by atoms with E-state index < -0.39 is 0 Å². The highest BCUT2D eigenvalue weighted by atomic mass is 32.1. The van der Waals surface area contributed by atoms with E-state index in [-0.39, 0.29) is 5.41 Å². The van der Waals surface area contributed by atoms with Crippen molar-refractivity contribution in [2.24, 2.45) is 0 Å². The van der Waals surface area contributed by atoms with Gasteiger partial charge in [0.2, 0.25) is 0 Å². The Labute approximate surface area is 110 Å². The van der Waals surface area contributed by atoms with Gasteiger partial charge in [-0.05, 0) is 12.5 Å². The molecule has 0 aliphatic carbocycles. The van der Waals surface area contributed by atoms with Crippen molar-refractivity contribution in [1.82, 2.24) is 4.98 Å². The highest BCUT2D eigenvalue weighted by Crippen LogP contribution is 2.30. The molecule has 1 aromatic rings. The van der Waals surface area contributed by atoms with Crippen LogP contribution in [0.2, 0.25) is 0 Å². The Morgan fingerprint density at radius 3 is 2.59 bits per heavy atom. The average molecular weight is 251 g/mol. The smallest absolute Gasteiger partial charge is 0.115 e. The molecule has 0 unspecified atom stereocenters. The van der Waals surface area contributed by atoms with Crippen LogP contribution in [-0.2, 0) is 5.41 Å². The molecule has 0 radical (unpaired) electrons. The van der Waals surface area contributed by atoms with Gasteiger partial charge in [-0.25, -0.2) is 4.98 Å². The summed E-state index contributed by atoms with van der Waals surface area (Å²) in [6, 6.07) is 0. The van der Waals surface area contributed by atoms with Gasteiger partial charge in [0, 0.05) is 10.8 Å². The van der Waals surface area contributed by atoms with Gasteiger partial charge in [-0.2, -0.15) is 0 Å². The number of aromatic nitrogens is 1. The minimum atomic E-state index is 0.212. The van der Waals surface area contributed by atoms with E-state index >= 15 is 0 Å². The normalized spacial score (nSPS) is 11.7. The minimum Gasteiger partial charge on any atom is -0.241 e. The molecule has 0 N–H and O–H groups in total. The summed E-state index contributed by atoms with van der Waals surface area (Å²) >= 11 is 1.69. The predicted molar refractivity (Wildman–Crippen MR) is 78.6 cm³/mol. The molecule has 0 aliphatic rings. The van der Waals surface area contributed by atoms with Gasteiger partial charge in [-0.15, -0.1) is 11.3 Å². The highest BCUT2D eigenvalue weighted by Gasteiger charge is 2.22. The summed E-state index contributed by atoms with van der Waals surface area (Å²) in [7, 11) is 0. The Morgan fingerprint density at radius 2 is 2.00 bits per heavy atom. The van der Waals surface area contributed by atoms with Crippen molar-refractivity contribution in [3.05, 3.63) is 22.7 Å². The van der Waals surface area contributed by atoms with Gasteiger partial charge in [-0.1, -0.05) is 59.5 Å². The van der Waals surface area contributed by atoms with Crippen LogP contribution in [-0.4, -0.2) is 4.98 Å². The third-order valence-corrected chi connectivity index (χ3v) is 4.14. The summed E-state index contributed by atoms with van der Waals surface area (Å²) in [5.41, 5.74) is 1.44. The monoisotopic (exact) mass is 251 g/mol. The number of hydrogen-bond donors (Lipinski definition) is 0. The van der Waals surface area contributed by atoms with E-state index in [2.05, 4.69) is 37.7 Å². The van der Waals surface area contributed by atoms with E-state index in [0.29, 0.717) is 0 Å². The van der Waals surface area contributed by atoms with Gasteiger partial charge < -0.3 is 0 Å². The standard InChI is InChI=1S/C15H25NS/c1-5-7-8-9-10-11-15(3,4)13-12-17-14(6-2)16-13/h6,12H,2,5,7-11H2,1,3-4H3. The van der Waals surface area contributed by atoms with Gasteiger partial charge in [-0.3, -0.25) is 0 Å². The van der Waals surface area contributed by atoms with E-state index in [0.717, 1.165) is 5.01 Å². The second-order valence-corrected chi connectivity index (χ2v) is 6.21. The number of thiazole rings is 1. The minimum absolute atomic E-state index is 0.212. The molecule has 1 heterocycles. The molecule has 2 heteroatoms. The molecule has 0 aliphatic heterocycles. The summed E-state index contributed by atoms with van der Waals surface area (Å²) in [4.78, 5) is 4.62. The lowest BCUT2D eigenvalue weighted by Crippen LogP contribution is -2.17. The van der Waals surface area contributed by atoms with Crippen LogP contribution in [0.4, 0.5) is 0 Å². The second-order valence-electron chi connectivity index (χ2n) is 5.32. The van der Waals surface area contributed by atoms with Crippen LogP contribution >= 0.6 is 11.3 Å². The van der Waals surface area contributed by atoms with Crippen molar-refractivity contribution >= 4 is 17.4 Å². The molecule has 0 spiro atoms. The Morgan fingerprint density at radius 1 is 1.29 bits per heavy atom. The molecular formula is C15H25NS. The van der Waals surface area contributed by atoms with Crippen LogP contribution in [0.15, 0.2) is 12.0 Å². The van der Waals surface area contributed by atoms with Crippen molar-refractivity contribution in [3.63, 3.8) is 0 Å². The van der Waals surface area contributed by atoms with Crippen LogP contribution in [0.3, 0.4) is 0 Å². The topological polar surface area (TPSA) is 12.9 Å². The maximum Gasteiger partial charge on any atom is 0.115 e. The SMILES string of the molecule is C=Cc1nc(C(C)(C)CCCCCCC)cs1. The van der Waals surface area contributed by atoms with Crippen LogP contribution in [0.1, 0.15) is 70.0 Å². The fourth-order valence-electron chi connectivity index (χ4n) is 1.99. The van der Waals surface area contributed by atoms with Gasteiger partial charge in [0.05, 0.1) is 5.69 Å². The zero-order valence-corrected chi connectivity index (χ0v) is 12.3. The average Bonchev–Trinajstić information content (AvgIpc) is 2.78. The lowest BCUT2D eigenvalue weighted by Gasteiger charge is -2.22. The van der Waals surface area contributed by atoms with Crippen molar-refractivity contribution < 1.29 is 0 Å². The largest absolute Gasteiger partial charge is 0.241 e. The Kier molecular flexibility index (Phi) is 5.90. The van der Waals surface area contributed by atoms with Gasteiger partial charge in [0.1, 0.15) is 5.01 Å². The summed E-state index contributed by atoms with van der Waals surface area (Å²) in [5, 5.41) is 3.22. The fourth-order valence-corrected chi connectivity index (χ4v) is 2.84. The van der Waals surface area contributed by atoms with Crippen molar-refractivity contribution in [2.45, 2.75) is 64.7 Å². The summed E-state index contributed by atoms with van der Waals surface area (Å²) in [6.07, 6.45) is 9.81. The molecule has 0 saturated heterocycles. The van der Waals surface area contributed by atoms with E-state index in [4.69, 9.17) is 0 Å². The molecule has 0 bridgehead atoms. The van der Waals surface area contributed by atoms with Crippen LogP contribution < -0.4 is 0 Å². The van der Waals surface area contributed by atoms with Crippen molar-refractivity contribution in [2.75, 3.05) is 0 Å². The lowest BCUT2D eigenvalue weighted by molar-refractivity contribution is 0.435. The first-order valence-corrected chi connectivity index (χ1v) is 7.56. The lowest BCUT2D eigenvalue weighted by atomic mass is 9.84. The highest BCUT2D eigenvalue weighted by molar-refractivity contribution is 7.10. The Bertz CT molecular complexity index is 338. The van der Waals surface area contributed by atoms with E-state index in [1.807, 2.05) is 6.08 Å². The first-order chi connectivity index (χ1) is 8.10. The zero-order valence-electron chi connectivity index (χ0n) is 11.5. The number of nitrogens with zero attached hydrogens (tertiary/aromatic N) is 1. The number of unbranched alkanes of at least 4 members (excludes halogenated alkanes) is 4. The maximum absolute atomic E-state index is 4.62. The van der Waals surface area contributed by atoms with E-state index in [9.17, 15) is 0 Å². The third-order valence-electron chi connectivity index (χ3n) is 3.30. The van der Waals surface area contributed by atoms with E-state index in [1.54, 1.807) is 11.3 Å². The zero-order chi connectivity index (χ0) is 12.7. The maximum atomic E-state index is 4.62. The Hall–Kier alpha value is -0.630. The molecule has 0 fully saturated rings. The van der Waals surface area contributed by atoms with Gasteiger partial charge in [0.25, 0.3) is 0 Å². The van der Waals surface area contributed by atoms with Gasteiger partial charge >= 0.3 is 0 Å². The molecule has 0 saturated carbocycles. The molecule has 1 nitrogen and oxygen atoms in total.